The van der Waals surface area contributed by atoms with Crippen LogP contribution < -0.4 is 0 Å². The average molecular weight is 292 g/mol. The van der Waals surface area contributed by atoms with Crippen LogP contribution in [0.2, 0.25) is 0 Å². The summed E-state index contributed by atoms with van der Waals surface area (Å²) in [6.07, 6.45) is 0. The van der Waals surface area contributed by atoms with Gasteiger partial charge < -0.3 is 4.55 Å². The molecule has 0 heterocycles. The smallest absolute Gasteiger partial charge is 0.324 e. The second kappa shape index (κ2) is 5.68. The molecule has 0 aliphatic rings. The molecule has 0 spiro atoms. The Balaban J connectivity index is 2.55. The van der Waals surface area contributed by atoms with Crippen LogP contribution in [0.25, 0.3) is 0 Å². The number of benzene rings is 2. The van der Waals surface area contributed by atoms with Crippen molar-refractivity contribution in [2.45, 2.75) is 9.79 Å². The predicted octanol–water partition coefficient (Wildman–Crippen LogP) is 2.67. The van der Waals surface area contributed by atoms with Gasteiger partial charge in [-0.3, -0.25) is 20.2 Å². The van der Waals surface area contributed by atoms with Gasteiger partial charge in [0.1, 0.15) is 0 Å². The van der Waals surface area contributed by atoms with Crippen molar-refractivity contribution in [1.29, 1.82) is 0 Å². The van der Waals surface area contributed by atoms with E-state index in [4.69, 9.17) is 0 Å². The van der Waals surface area contributed by atoms with Gasteiger partial charge in [-0.05, 0) is 0 Å². The van der Waals surface area contributed by atoms with Gasteiger partial charge in [0.25, 0.3) is 0 Å². The highest BCUT2D eigenvalue weighted by Gasteiger charge is 2.31. The molecule has 8 heteroatoms. The Labute approximate surface area is 116 Å². The molecule has 0 unspecified atom stereocenters. The van der Waals surface area contributed by atoms with Crippen LogP contribution in [-0.2, 0) is 11.2 Å². The lowest BCUT2D eigenvalue weighted by Gasteiger charge is -2.09. The Morgan fingerprint density at radius 1 is 0.750 bits per heavy atom. The van der Waals surface area contributed by atoms with Crippen molar-refractivity contribution < 1.29 is 14.4 Å². The normalized spacial score (nSPS) is 10.5. The number of rotatable bonds is 4. The van der Waals surface area contributed by atoms with Crippen molar-refractivity contribution in [3.8, 4) is 0 Å². The Hall–Kier alpha value is -2.45. The second-order valence-corrected chi connectivity index (χ2v) is 5.14. The molecule has 0 amide bonds. The van der Waals surface area contributed by atoms with Crippen LogP contribution in [0.15, 0.2) is 58.3 Å². The minimum Gasteiger partial charge on any atom is -0.606 e. The molecular weight excluding hydrogens is 284 g/mol. The summed E-state index contributed by atoms with van der Waals surface area (Å²) in [6.45, 7) is 0. The third-order valence-corrected chi connectivity index (χ3v) is 4.01. The van der Waals surface area contributed by atoms with E-state index in [0.717, 1.165) is 0 Å². The molecule has 0 saturated heterocycles. The van der Waals surface area contributed by atoms with Gasteiger partial charge in [-0.1, -0.05) is 24.3 Å². The summed E-state index contributed by atoms with van der Waals surface area (Å²) >= 11 is -1.99. The summed E-state index contributed by atoms with van der Waals surface area (Å²) in [4.78, 5) is 20.4. The standard InChI is InChI=1S/C12H8N2O5S/c15-13(16)9-5-1-3-7-11(9)20(19)12-8-4-2-6-10(12)14(17)18/h1-8H. The zero-order chi connectivity index (χ0) is 14.7. The fourth-order valence-electron chi connectivity index (χ4n) is 1.65. The first-order valence-electron chi connectivity index (χ1n) is 5.41. The Morgan fingerprint density at radius 3 is 1.45 bits per heavy atom. The maximum absolute atomic E-state index is 12.4. The molecule has 0 saturated carbocycles. The van der Waals surface area contributed by atoms with Gasteiger partial charge in [-0.2, -0.15) is 0 Å². The highest BCUT2D eigenvalue weighted by molar-refractivity contribution is 7.91. The van der Waals surface area contributed by atoms with Gasteiger partial charge in [0.2, 0.25) is 9.79 Å². The van der Waals surface area contributed by atoms with Crippen molar-refractivity contribution in [2.24, 2.45) is 0 Å². The van der Waals surface area contributed by atoms with E-state index < -0.39 is 21.0 Å². The molecule has 102 valence electrons. The molecule has 0 aliphatic carbocycles. The van der Waals surface area contributed by atoms with Gasteiger partial charge in [0.15, 0.2) is 0 Å². The van der Waals surface area contributed by atoms with Gasteiger partial charge in [0.05, 0.1) is 9.85 Å². The van der Waals surface area contributed by atoms with Crippen molar-refractivity contribution >= 4 is 22.6 Å². The van der Waals surface area contributed by atoms with E-state index in [1.807, 2.05) is 0 Å². The lowest BCUT2D eigenvalue weighted by molar-refractivity contribution is -0.388. The monoisotopic (exact) mass is 292 g/mol. The lowest BCUT2D eigenvalue weighted by Crippen LogP contribution is -2.08. The minimum atomic E-state index is -1.99. The number of hydrogen-bond acceptors (Lipinski definition) is 5. The highest BCUT2D eigenvalue weighted by atomic mass is 32.2. The molecule has 0 fully saturated rings. The molecule has 7 nitrogen and oxygen atoms in total. The Bertz CT molecular complexity index is 619. The lowest BCUT2D eigenvalue weighted by atomic mass is 10.3. The number of para-hydroxylation sites is 2. The number of nitro groups is 2. The SMILES string of the molecule is O=[N+]([O-])c1ccccc1[S+]([O-])c1ccccc1[N+](=O)[O-]. The zero-order valence-corrected chi connectivity index (χ0v) is 10.8. The van der Waals surface area contributed by atoms with Crippen molar-refractivity contribution in [3.63, 3.8) is 0 Å². The van der Waals surface area contributed by atoms with E-state index in [9.17, 15) is 24.8 Å². The molecule has 2 aromatic carbocycles. The first-order chi connectivity index (χ1) is 9.52. The van der Waals surface area contributed by atoms with Crippen LogP contribution in [0.1, 0.15) is 0 Å². The van der Waals surface area contributed by atoms with Crippen molar-refractivity contribution in [3.05, 3.63) is 68.8 Å². The third-order valence-electron chi connectivity index (χ3n) is 2.52. The van der Waals surface area contributed by atoms with Crippen molar-refractivity contribution in [2.75, 3.05) is 0 Å². The summed E-state index contributed by atoms with van der Waals surface area (Å²) in [5, 5.41) is 21.8. The van der Waals surface area contributed by atoms with Crippen LogP contribution in [0, 0.1) is 20.2 Å². The summed E-state index contributed by atoms with van der Waals surface area (Å²) in [6, 6.07) is 10.9. The quantitative estimate of drug-likeness (QED) is 0.488. The van der Waals surface area contributed by atoms with E-state index >= 15 is 0 Å². The van der Waals surface area contributed by atoms with Gasteiger partial charge >= 0.3 is 11.4 Å². The van der Waals surface area contributed by atoms with E-state index in [2.05, 4.69) is 0 Å². The molecule has 0 radical (unpaired) electrons. The topological polar surface area (TPSA) is 109 Å². The summed E-state index contributed by atoms with van der Waals surface area (Å²) in [5.74, 6) is 0. The maximum atomic E-state index is 12.4. The van der Waals surface area contributed by atoms with E-state index in [-0.39, 0.29) is 21.2 Å². The number of hydrogen-bond donors (Lipinski definition) is 0. The van der Waals surface area contributed by atoms with Crippen LogP contribution in [0.4, 0.5) is 11.4 Å². The molecule has 2 aromatic rings. The third kappa shape index (κ3) is 2.60. The molecule has 0 N–H and O–H groups in total. The van der Waals surface area contributed by atoms with Crippen LogP contribution in [-0.4, -0.2) is 14.4 Å². The number of nitro benzene ring substituents is 2. The predicted molar refractivity (Wildman–Crippen MR) is 70.9 cm³/mol. The number of nitrogens with zero attached hydrogens (tertiary/aromatic N) is 2. The summed E-state index contributed by atoms with van der Waals surface area (Å²) < 4.78 is 12.4. The first kappa shape index (κ1) is 14.0. The summed E-state index contributed by atoms with van der Waals surface area (Å²) in [7, 11) is 0. The van der Waals surface area contributed by atoms with E-state index in [1.165, 1.54) is 48.5 Å². The van der Waals surface area contributed by atoms with Crippen molar-refractivity contribution in [1.82, 2.24) is 0 Å². The first-order valence-corrected chi connectivity index (χ1v) is 6.56. The van der Waals surface area contributed by atoms with Gasteiger partial charge in [-0.15, -0.1) is 0 Å². The van der Waals surface area contributed by atoms with Crippen LogP contribution in [0.5, 0.6) is 0 Å². The molecule has 20 heavy (non-hydrogen) atoms. The summed E-state index contributed by atoms with van der Waals surface area (Å²) in [5.41, 5.74) is -0.659. The van der Waals surface area contributed by atoms with Gasteiger partial charge in [0, 0.05) is 35.4 Å². The van der Waals surface area contributed by atoms with Gasteiger partial charge in [-0.25, -0.2) is 0 Å². The average Bonchev–Trinajstić information content (AvgIpc) is 2.46. The minimum absolute atomic E-state index is 0.0631. The molecular formula is C12H8N2O5S. The molecule has 0 bridgehead atoms. The zero-order valence-electron chi connectivity index (χ0n) is 9.96. The largest absolute Gasteiger partial charge is 0.606 e. The van der Waals surface area contributed by atoms with Crippen LogP contribution >= 0.6 is 0 Å². The second-order valence-electron chi connectivity index (χ2n) is 3.72. The Kier molecular flexibility index (Phi) is 3.97. The molecule has 0 aromatic heterocycles. The fourth-order valence-corrected chi connectivity index (χ4v) is 2.95. The van der Waals surface area contributed by atoms with E-state index in [0.29, 0.717) is 0 Å². The van der Waals surface area contributed by atoms with E-state index in [1.54, 1.807) is 0 Å². The maximum Gasteiger partial charge on any atom is 0.324 e. The van der Waals surface area contributed by atoms with Crippen LogP contribution in [0.3, 0.4) is 0 Å². The molecule has 0 aliphatic heterocycles. The molecule has 2 rings (SSSR count). The molecule has 0 atom stereocenters. The Morgan fingerprint density at radius 2 is 1.10 bits per heavy atom. The fraction of sp³-hybridized carbons (Fsp3) is 0. The highest BCUT2D eigenvalue weighted by Crippen LogP contribution is 2.33.